The van der Waals surface area contributed by atoms with Crippen molar-refractivity contribution in [3.63, 3.8) is 0 Å². The summed E-state index contributed by atoms with van der Waals surface area (Å²) in [6.07, 6.45) is 2.08. The summed E-state index contributed by atoms with van der Waals surface area (Å²) in [5, 5.41) is 0. The molecule has 158 valence electrons. The van der Waals surface area contributed by atoms with Crippen molar-refractivity contribution in [1.82, 2.24) is 4.90 Å². The van der Waals surface area contributed by atoms with Crippen molar-refractivity contribution in [3.05, 3.63) is 59.7 Å². The Morgan fingerprint density at radius 2 is 1.72 bits per heavy atom. The summed E-state index contributed by atoms with van der Waals surface area (Å²) in [7, 11) is -2.24. The highest BCUT2D eigenvalue weighted by atomic mass is 32.2. The molecule has 7 heteroatoms. The Hall–Kier alpha value is -2.54. The molecule has 2 rings (SSSR count). The maximum absolute atomic E-state index is 12.9. The summed E-state index contributed by atoms with van der Waals surface area (Å²) in [6.45, 7) is 5.10. The number of ether oxygens (including phenoxy) is 1. The van der Waals surface area contributed by atoms with E-state index in [-0.39, 0.29) is 11.7 Å². The zero-order valence-electron chi connectivity index (χ0n) is 17.4. The van der Waals surface area contributed by atoms with Crippen LogP contribution in [-0.2, 0) is 27.9 Å². The van der Waals surface area contributed by atoms with Gasteiger partial charge in [-0.1, -0.05) is 50.2 Å². The molecule has 0 saturated heterocycles. The molecule has 2 aromatic rings. The van der Waals surface area contributed by atoms with Crippen molar-refractivity contribution < 1.29 is 22.1 Å². The minimum absolute atomic E-state index is 0.0592. The van der Waals surface area contributed by atoms with E-state index in [0.717, 1.165) is 17.4 Å². The lowest BCUT2D eigenvalue weighted by Gasteiger charge is -2.25. The van der Waals surface area contributed by atoms with Gasteiger partial charge in [0.15, 0.2) is 11.5 Å². The normalized spacial score (nSPS) is 11.3. The van der Waals surface area contributed by atoms with Crippen LogP contribution < -0.4 is 8.92 Å². The molecule has 0 radical (unpaired) electrons. The molecule has 29 heavy (non-hydrogen) atoms. The Bertz CT molecular complexity index is 910. The SMILES string of the molecule is COc1ccc(CN(CC(C)C)C(=O)CCc2ccccc2)cc1OS(C)(=O)=O. The number of methoxy groups -OCH3 is 1. The van der Waals surface area contributed by atoms with Crippen LogP contribution in [0.4, 0.5) is 0 Å². The van der Waals surface area contributed by atoms with Crippen LogP contribution in [0.5, 0.6) is 11.5 Å². The highest BCUT2D eigenvalue weighted by Gasteiger charge is 2.18. The Kier molecular flexibility index (Phi) is 8.08. The van der Waals surface area contributed by atoms with Gasteiger partial charge < -0.3 is 13.8 Å². The average molecular weight is 420 g/mol. The van der Waals surface area contributed by atoms with Gasteiger partial charge in [-0.2, -0.15) is 8.42 Å². The summed E-state index contributed by atoms with van der Waals surface area (Å²) < 4.78 is 33.3. The van der Waals surface area contributed by atoms with E-state index >= 15 is 0 Å². The van der Waals surface area contributed by atoms with Crippen molar-refractivity contribution in [2.75, 3.05) is 19.9 Å². The number of hydrogen-bond acceptors (Lipinski definition) is 5. The number of rotatable bonds is 10. The first-order valence-electron chi connectivity index (χ1n) is 9.56. The highest BCUT2D eigenvalue weighted by Crippen LogP contribution is 2.29. The van der Waals surface area contributed by atoms with Crippen molar-refractivity contribution in [1.29, 1.82) is 0 Å². The molecular formula is C22H29NO5S. The van der Waals surface area contributed by atoms with E-state index in [0.29, 0.717) is 37.6 Å². The molecule has 0 bridgehead atoms. The van der Waals surface area contributed by atoms with Crippen molar-refractivity contribution in [2.24, 2.45) is 5.92 Å². The van der Waals surface area contributed by atoms with Crippen LogP contribution in [-0.4, -0.2) is 39.1 Å². The van der Waals surface area contributed by atoms with E-state index < -0.39 is 10.1 Å². The monoisotopic (exact) mass is 419 g/mol. The molecule has 0 aliphatic heterocycles. The molecule has 6 nitrogen and oxygen atoms in total. The molecule has 0 unspecified atom stereocenters. The van der Waals surface area contributed by atoms with Crippen molar-refractivity contribution >= 4 is 16.0 Å². The number of nitrogens with zero attached hydrogens (tertiary/aromatic N) is 1. The molecule has 0 N–H and O–H groups in total. The number of amides is 1. The lowest BCUT2D eigenvalue weighted by atomic mass is 10.1. The van der Waals surface area contributed by atoms with Gasteiger partial charge in [0.1, 0.15) is 0 Å². The summed E-state index contributed by atoms with van der Waals surface area (Å²) >= 11 is 0. The van der Waals surface area contributed by atoms with Crippen LogP contribution in [0.3, 0.4) is 0 Å². The fraction of sp³-hybridized carbons (Fsp3) is 0.409. The fourth-order valence-electron chi connectivity index (χ4n) is 3.02. The number of hydrogen-bond donors (Lipinski definition) is 0. The first-order valence-corrected chi connectivity index (χ1v) is 11.4. The van der Waals surface area contributed by atoms with Crippen LogP contribution in [0.1, 0.15) is 31.4 Å². The van der Waals surface area contributed by atoms with Crippen LogP contribution in [0.25, 0.3) is 0 Å². The van der Waals surface area contributed by atoms with Gasteiger partial charge in [-0.3, -0.25) is 4.79 Å². The van der Waals surface area contributed by atoms with Gasteiger partial charge >= 0.3 is 10.1 Å². The lowest BCUT2D eigenvalue weighted by molar-refractivity contribution is -0.132. The summed E-state index contributed by atoms with van der Waals surface area (Å²) in [5.74, 6) is 0.809. The predicted octanol–water partition coefficient (Wildman–Crippen LogP) is 3.65. The highest BCUT2D eigenvalue weighted by molar-refractivity contribution is 7.86. The number of benzene rings is 2. The molecule has 0 heterocycles. The van der Waals surface area contributed by atoms with E-state index in [2.05, 4.69) is 13.8 Å². The zero-order chi connectivity index (χ0) is 21.4. The molecular weight excluding hydrogens is 390 g/mol. The molecule has 0 fully saturated rings. The first kappa shape index (κ1) is 22.7. The number of aryl methyl sites for hydroxylation is 1. The van der Waals surface area contributed by atoms with Gasteiger partial charge in [0.2, 0.25) is 5.91 Å². The van der Waals surface area contributed by atoms with Crippen molar-refractivity contribution in [2.45, 2.75) is 33.2 Å². The number of carbonyl (C=O) groups excluding carboxylic acids is 1. The molecule has 0 aliphatic carbocycles. The topological polar surface area (TPSA) is 72.9 Å². The number of carbonyl (C=O) groups is 1. The second-order valence-electron chi connectivity index (χ2n) is 7.43. The second kappa shape index (κ2) is 10.3. The molecule has 0 saturated carbocycles. The third-order valence-corrected chi connectivity index (χ3v) is 4.73. The van der Waals surface area contributed by atoms with E-state index in [1.165, 1.54) is 7.11 Å². The third-order valence-electron chi connectivity index (χ3n) is 4.25. The summed E-state index contributed by atoms with van der Waals surface area (Å²) in [5.41, 5.74) is 1.90. The quantitative estimate of drug-likeness (QED) is 0.550. The molecule has 0 atom stereocenters. The van der Waals surface area contributed by atoms with Gasteiger partial charge in [-0.05, 0) is 35.6 Å². The largest absolute Gasteiger partial charge is 0.493 e. The first-order chi connectivity index (χ1) is 13.7. The minimum atomic E-state index is -3.69. The summed E-state index contributed by atoms with van der Waals surface area (Å²) in [6, 6.07) is 15.0. The van der Waals surface area contributed by atoms with E-state index in [1.807, 2.05) is 36.4 Å². The Labute approximate surface area is 173 Å². The lowest BCUT2D eigenvalue weighted by Crippen LogP contribution is -2.34. The smallest absolute Gasteiger partial charge is 0.306 e. The Morgan fingerprint density at radius 1 is 1.03 bits per heavy atom. The summed E-state index contributed by atoms with van der Waals surface area (Å²) in [4.78, 5) is 14.7. The second-order valence-corrected chi connectivity index (χ2v) is 9.00. The maximum atomic E-state index is 12.9. The fourth-order valence-corrected chi connectivity index (χ4v) is 3.47. The van der Waals surface area contributed by atoms with E-state index in [1.54, 1.807) is 17.0 Å². The molecule has 1 amide bonds. The third kappa shape index (κ3) is 7.77. The standard InChI is InChI=1S/C22H29NO5S/c1-17(2)15-23(22(24)13-11-18-8-6-5-7-9-18)16-19-10-12-20(27-3)21(14-19)28-29(4,25)26/h5-10,12,14,17H,11,13,15-16H2,1-4H3. The van der Waals surface area contributed by atoms with Crippen molar-refractivity contribution in [3.8, 4) is 11.5 Å². The average Bonchev–Trinajstić information content (AvgIpc) is 2.65. The molecule has 0 aromatic heterocycles. The Morgan fingerprint density at radius 3 is 2.31 bits per heavy atom. The van der Waals surface area contributed by atoms with Crippen LogP contribution in [0.2, 0.25) is 0 Å². The van der Waals surface area contributed by atoms with Crippen LogP contribution >= 0.6 is 0 Å². The van der Waals surface area contributed by atoms with Crippen LogP contribution in [0.15, 0.2) is 48.5 Å². The van der Waals surface area contributed by atoms with Gasteiger partial charge in [-0.15, -0.1) is 0 Å². The maximum Gasteiger partial charge on any atom is 0.306 e. The molecule has 0 aliphatic rings. The van der Waals surface area contributed by atoms with E-state index in [4.69, 9.17) is 8.92 Å². The van der Waals surface area contributed by atoms with Gasteiger partial charge in [0, 0.05) is 19.5 Å². The van der Waals surface area contributed by atoms with Gasteiger partial charge in [-0.25, -0.2) is 0 Å². The zero-order valence-corrected chi connectivity index (χ0v) is 18.2. The Balaban J connectivity index is 2.16. The van der Waals surface area contributed by atoms with Gasteiger partial charge in [0.05, 0.1) is 13.4 Å². The molecule has 2 aromatic carbocycles. The van der Waals surface area contributed by atoms with E-state index in [9.17, 15) is 13.2 Å². The minimum Gasteiger partial charge on any atom is -0.493 e. The van der Waals surface area contributed by atoms with Crippen LogP contribution in [0, 0.1) is 5.92 Å². The molecule has 0 spiro atoms. The predicted molar refractivity (Wildman–Crippen MR) is 113 cm³/mol. The van der Waals surface area contributed by atoms with Gasteiger partial charge in [0.25, 0.3) is 0 Å².